The van der Waals surface area contributed by atoms with E-state index in [1.54, 1.807) is 49.9 Å². The topological polar surface area (TPSA) is 137 Å². The van der Waals surface area contributed by atoms with Crippen molar-refractivity contribution in [3.8, 4) is 0 Å². The number of nitrogens with zero attached hydrogens (tertiary/aromatic N) is 3. The first-order chi connectivity index (χ1) is 22.2. The fourth-order valence-electron chi connectivity index (χ4n) is 5.55. The van der Waals surface area contributed by atoms with Gasteiger partial charge in [0.2, 0.25) is 11.8 Å². The summed E-state index contributed by atoms with van der Waals surface area (Å²) in [6, 6.07) is 16.9. The number of aryl methyl sites for hydroxylation is 1. The van der Waals surface area contributed by atoms with Crippen molar-refractivity contribution in [1.29, 1.82) is 0 Å². The van der Waals surface area contributed by atoms with Gasteiger partial charge in [0.15, 0.2) is 0 Å². The maximum absolute atomic E-state index is 14.5. The van der Waals surface area contributed by atoms with Crippen LogP contribution in [0.4, 0.5) is 16.2 Å². The van der Waals surface area contributed by atoms with Gasteiger partial charge in [-0.25, -0.2) is 4.79 Å². The van der Waals surface area contributed by atoms with Gasteiger partial charge in [0, 0.05) is 19.9 Å². The number of ether oxygens (including phenoxy) is 1. The molecule has 0 bridgehead atoms. The van der Waals surface area contributed by atoms with E-state index in [2.05, 4.69) is 5.32 Å². The summed E-state index contributed by atoms with van der Waals surface area (Å²) in [5, 5.41) is 13.9. The summed E-state index contributed by atoms with van der Waals surface area (Å²) in [7, 11) is 1.45. The van der Waals surface area contributed by atoms with Gasteiger partial charge in [0.05, 0.1) is 24.5 Å². The van der Waals surface area contributed by atoms with E-state index in [4.69, 9.17) is 9.84 Å². The number of carbonyl (C=O) groups is 5. The molecule has 2 atom stereocenters. The van der Waals surface area contributed by atoms with Crippen LogP contribution in [0.15, 0.2) is 60.7 Å². The Hall–Kier alpha value is -4.93. The van der Waals surface area contributed by atoms with Crippen molar-refractivity contribution >= 4 is 51.9 Å². The number of likely N-dealkylation sites (N-methyl/N-ethyl adjacent to an activating group) is 1. The number of carboxylic acid groups (broad SMARTS) is 1. The molecule has 0 fully saturated rings. The van der Waals surface area contributed by atoms with Gasteiger partial charge >= 0.3 is 12.1 Å². The number of fused-ring (bicyclic) bond motifs is 2. The molecule has 47 heavy (non-hydrogen) atoms. The number of hydrogen-bond acceptors (Lipinski definition) is 6. The Labute approximate surface area is 275 Å². The first-order valence-corrected chi connectivity index (χ1v) is 15.8. The van der Waals surface area contributed by atoms with Crippen LogP contribution >= 0.6 is 0 Å². The summed E-state index contributed by atoms with van der Waals surface area (Å²) in [5.41, 5.74) is 2.17. The average molecular weight is 645 g/mol. The number of hydrogen-bond donors (Lipinski definition) is 2. The Morgan fingerprint density at radius 3 is 2.30 bits per heavy atom. The first kappa shape index (κ1) is 34.9. The van der Waals surface area contributed by atoms with Crippen LogP contribution in [0.1, 0.15) is 64.5 Å². The SMILES string of the molecule is Cc1ccc2ccccc2c1CN1C(=O)C(NC(=O)C(C)N(C)C(=O)OC(C)(C)C)CN(C(=O)CCCCC(=O)O)c2ccccc21. The Kier molecular flexibility index (Phi) is 10.9. The molecule has 0 saturated carbocycles. The summed E-state index contributed by atoms with van der Waals surface area (Å²) in [4.78, 5) is 69.9. The van der Waals surface area contributed by atoms with E-state index in [-0.39, 0.29) is 31.8 Å². The zero-order chi connectivity index (χ0) is 34.5. The second-order valence-corrected chi connectivity index (χ2v) is 12.9. The van der Waals surface area contributed by atoms with E-state index in [1.165, 1.54) is 23.8 Å². The molecule has 11 heteroatoms. The molecular formula is C36H44N4O7. The third-order valence-corrected chi connectivity index (χ3v) is 8.27. The lowest BCUT2D eigenvalue weighted by atomic mass is 9.99. The Morgan fingerprint density at radius 1 is 0.979 bits per heavy atom. The van der Waals surface area contributed by atoms with Gasteiger partial charge in [-0.1, -0.05) is 48.5 Å². The summed E-state index contributed by atoms with van der Waals surface area (Å²) in [6.07, 6.45) is 0.00651. The number of unbranched alkanes of at least 4 members (excludes halogenated alkanes) is 1. The highest BCUT2D eigenvalue weighted by Crippen LogP contribution is 2.36. The zero-order valence-corrected chi connectivity index (χ0v) is 27.9. The number of para-hydroxylation sites is 2. The molecule has 0 saturated heterocycles. The summed E-state index contributed by atoms with van der Waals surface area (Å²) < 4.78 is 5.43. The zero-order valence-electron chi connectivity index (χ0n) is 27.9. The maximum atomic E-state index is 14.5. The van der Waals surface area contributed by atoms with Crippen molar-refractivity contribution in [2.45, 2.75) is 84.5 Å². The maximum Gasteiger partial charge on any atom is 0.410 e. The van der Waals surface area contributed by atoms with Crippen molar-refractivity contribution in [2.24, 2.45) is 0 Å². The lowest BCUT2D eigenvalue weighted by Gasteiger charge is -2.30. The normalized spacial score (nSPS) is 15.4. The summed E-state index contributed by atoms with van der Waals surface area (Å²) >= 11 is 0. The third kappa shape index (κ3) is 8.46. The number of rotatable bonds is 10. The van der Waals surface area contributed by atoms with Crippen LogP contribution in [0.2, 0.25) is 0 Å². The molecule has 250 valence electrons. The van der Waals surface area contributed by atoms with Crippen molar-refractivity contribution < 1.29 is 33.8 Å². The van der Waals surface area contributed by atoms with Crippen LogP contribution in [0, 0.1) is 6.92 Å². The van der Waals surface area contributed by atoms with E-state index < -0.39 is 41.6 Å². The molecule has 0 aliphatic carbocycles. The van der Waals surface area contributed by atoms with E-state index in [9.17, 15) is 24.0 Å². The lowest BCUT2D eigenvalue weighted by Crippen LogP contribution is -2.57. The molecular weight excluding hydrogens is 600 g/mol. The Morgan fingerprint density at radius 2 is 1.62 bits per heavy atom. The van der Waals surface area contributed by atoms with Crippen LogP contribution in [0.5, 0.6) is 0 Å². The number of aliphatic carboxylic acids is 1. The fourth-order valence-corrected chi connectivity index (χ4v) is 5.55. The van der Waals surface area contributed by atoms with Crippen molar-refractivity contribution in [1.82, 2.24) is 10.2 Å². The molecule has 0 aromatic heterocycles. The predicted octanol–water partition coefficient (Wildman–Crippen LogP) is 5.41. The summed E-state index contributed by atoms with van der Waals surface area (Å²) in [5.74, 6) is -2.22. The van der Waals surface area contributed by atoms with Crippen molar-refractivity contribution in [3.63, 3.8) is 0 Å². The van der Waals surface area contributed by atoms with Gasteiger partial charge in [0.1, 0.15) is 17.7 Å². The van der Waals surface area contributed by atoms with Crippen LogP contribution < -0.4 is 15.1 Å². The molecule has 4 amide bonds. The van der Waals surface area contributed by atoms with E-state index >= 15 is 0 Å². The van der Waals surface area contributed by atoms with Crippen LogP contribution in [0.25, 0.3) is 10.8 Å². The molecule has 0 radical (unpaired) electrons. The standard InChI is InChI=1S/C36H44N4O7/c1-23-19-20-25-13-7-8-14-26(25)27(23)21-40-30-16-10-9-15-29(30)39(31(41)17-11-12-18-32(42)43)22-28(34(40)45)37-33(44)24(2)38(6)35(46)47-36(3,4)5/h7-10,13-16,19-20,24,28H,11-12,17-18,21-22H2,1-6H3,(H,37,44)(H,42,43). The number of anilines is 2. The van der Waals surface area contributed by atoms with Gasteiger partial charge in [0.25, 0.3) is 5.91 Å². The van der Waals surface area contributed by atoms with Crippen LogP contribution in [-0.2, 0) is 30.5 Å². The number of carbonyl (C=O) groups excluding carboxylic acids is 4. The number of carboxylic acids is 1. The minimum Gasteiger partial charge on any atom is -0.481 e. The van der Waals surface area contributed by atoms with E-state index in [1.807, 2.05) is 43.3 Å². The van der Waals surface area contributed by atoms with Gasteiger partial charge in [-0.05, 0) is 81.5 Å². The number of nitrogens with one attached hydrogen (secondary N) is 1. The Balaban J connectivity index is 1.72. The smallest absolute Gasteiger partial charge is 0.410 e. The molecule has 3 aromatic rings. The molecule has 1 aliphatic heterocycles. The molecule has 1 heterocycles. The van der Waals surface area contributed by atoms with E-state index in [0.29, 0.717) is 24.2 Å². The minimum atomic E-state index is -1.15. The summed E-state index contributed by atoms with van der Waals surface area (Å²) in [6.45, 7) is 8.74. The minimum absolute atomic E-state index is 0.0533. The molecule has 2 N–H and O–H groups in total. The second kappa shape index (κ2) is 14.7. The van der Waals surface area contributed by atoms with Crippen molar-refractivity contribution in [2.75, 3.05) is 23.4 Å². The van der Waals surface area contributed by atoms with Gasteiger partial charge < -0.3 is 25.0 Å². The largest absolute Gasteiger partial charge is 0.481 e. The van der Waals surface area contributed by atoms with Crippen LogP contribution in [0.3, 0.4) is 0 Å². The molecule has 2 unspecified atom stereocenters. The number of benzene rings is 3. The lowest BCUT2D eigenvalue weighted by molar-refractivity contribution is -0.137. The van der Waals surface area contributed by atoms with Crippen LogP contribution in [-0.4, -0.2) is 71.1 Å². The highest BCUT2D eigenvalue weighted by atomic mass is 16.6. The average Bonchev–Trinajstić information content (AvgIpc) is 3.13. The van der Waals surface area contributed by atoms with Crippen molar-refractivity contribution in [3.05, 3.63) is 71.8 Å². The molecule has 0 spiro atoms. The van der Waals surface area contributed by atoms with Gasteiger partial charge in [-0.2, -0.15) is 0 Å². The van der Waals surface area contributed by atoms with Gasteiger partial charge in [-0.3, -0.25) is 24.1 Å². The van der Waals surface area contributed by atoms with E-state index in [0.717, 1.165) is 21.9 Å². The molecule has 11 nitrogen and oxygen atoms in total. The fraction of sp³-hybridized carbons (Fsp3) is 0.417. The third-order valence-electron chi connectivity index (χ3n) is 8.27. The monoisotopic (exact) mass is 644 g/mol. The molecule has 3 aromatic carbocycles. The first-order valence-electron chi connectivity index (χ1n) is 15.8. The van der Waals surface area contributed by atoms with Gasteiger partial charge in [-0.15, -0.1) is 0 Å². The molecule has 4 rings (SSSR count). The predicted molar refractivity (Wildman–Crippen MR) is 180 cm³/mol. The molecule has 1 aliphatic rings. The second-order valence-electron chi connectivity index (χ2n) is 12.9. The number of amides is 4. The highest BCUT2D eigenvalue weighted by molar-refractivity contribution is 6.08. The highest BCUT2D eigenvalue weighted by Gasteiger charge is 2.38. The Bertz CT molecular complexity index is 1660. The quantitative estimate of drug-likeness (QED) is 0.282.